The first kappa shape index (κ1) is 13.1. The molecule has 0 saturated heterocycles. The van der Waals surface area contributed by atoms with Crippen molar-refractivity contribution in [2.45, 2.75) is 6.92 Å². The van der Waals surface area contributed by atoms with Crippen LogP contribution in [-0.2, 0) is 0 Å². The van der Waals surface area contributed by atoms with Gasteiger partial charge in [0, 0.05) is 18.8 Å². The minimum atomic E-state index is 0.484. The average Bonchev–Trinajstić information content (AvgIpc) is 2.46. The third-order valence-electron chi connectivity index (χ3n) is 2.40. The van der Waals surface area contributed by atoms with E-state index in [1.165, 1.54) is 0 Å². The largest absolute Gasteiger partial charge is 0.473 e. The van der Waals surface area contributed by atoms with E-state index in [9.17, 15) is 0 Å². The molecule has 98 valence electrons. The van der Waals surface area contributed by atoms with E-state index < -0.39 is 0 Å². The van der Waals surface area contributed by atoms with E-state index in [0.717, 1.165) is 12.1 Å². The van der Waals surface area contributed by atoms with E-state index in [4.69, 9.17) is 4.74 Å². The van der Waals surface area contributed by atoms with Gasteiger partial charge in [-0.3, -0.25) is 0 Å². The highest BCUT2D eigenvalue weighted by Gasteiger charge is 1.97. The molecule has 2 rings (SSSR count). The molecule has 0 radical (unpaired) electrons. The van der Waals surface area contributed by atoms with Gasteiger partial charge in [-0.05, 0) is 18.6 Å². The SMILES string of the molecule is CCNc1nccc(OC/C=C/c2ccccc2)n1. The minimum absolute atomic E-state index is 0.484. The van der Waals surface area contributed by atoms with E-state index in [-0.39, 0.29) is 0 Å². The number of hydrogen-bond acceptors (Lipinski definition) is 4. The molecule has 4 nitrogen and oxygen atoms in total. The number of rotatable bonds is 6. The van der Waals surface area contributed by atoms with Crippen LogP contribution in [0, 0.1) is 0 Å². The summed E-state index contributed by atoms with van der Waals surface area (Å²) in [6.07, 6.45) is 5.66. The van der Waals surface area contributed by atoms with Crippen LogP contribution in [0.25, 0.3) is 6.08 Å². The Morgan fingerprint density at radius 2 is 2.05 bits per heavy atom. The molecule has 0 saturated carbocycles. The van der Waals surface area contributed by atoms with Gasteiger partial charge < -0.3 is 10.1 Å². The normalized spacial score (nSPS) is 10.6. The van der Waals surface area contributed by atoms with Crippen molar-refractivity contribution >= 4 is 12.0 Å². The molecule has 2 aromatic rings. The zero-order valence-electron chi connectivity index (χ0n) is 10.9. The predicted molar refractivity (Wildman–Crippen MR) is 77.2 cm³/mol. The second-order valence-corrected chi connectivity index (χ2v) is 3.87. The van der Waals surface area contributed by atoms with Crippen LogP contribution < -0.4 is 10.1 Å². The lowest BCUT2D eigenvalue weighted by Gasteiger charge is -2.04. The van der Waals surface area contributed by atoms with Crippen LogP contribution in [0.5, 0.6) is 5.88 Å². The number of anilines is 1. The van der Waals surface area contributed by atoms with Gasteiger partial charge in [-0.2, -0.15) is 4.98 Å². The maximum absolute atomic E-state index is 5.54. The Bertz CT molecular complexity index is 526. The van der Waals surface area contributed by atoms with Gasteiger partial charge in [-0.1, -0.05) is 36.4 Å². The van der Waals surface area contributed by atoms with Crippen LogP contribution in [0.4, 0.5) is 5.95 Å². The topological polar surface area (TPSA) is 47.0 Å². The summed E-state index contributed by atoms with van der Waals surface area (Å²) in [7, 11) is 0. The molecule has 0 aliphatic carbocycles. The first-order valence-corrected chi connectivity index (χ1v) is 6.30. The third kappa shape index (κ3) is 4.43. The molecule has 1 heterocycles. The Hall–Kier alpha value is -2.36. The van der Waals surface area contributed by atoms with Crippen molar-refractivity contribution in [2.24, 2.45) is 0 Å². The molecule has 0 aliphatic heterocycles. The van der Waals surface area contributed by atoms with Crippen LogP contribution >= 0.6 is 0 Å². The second kappa shape index (κ2) is 7.16. The molecule has 0 bridgehead atoms. The van der Waals surface area contributed by atoms with E-state index in [1.54, 1.807) is 12.3 Å². The molecule has 19 heavy (non-hydrogen) atoms. The fourth-order valence-electron chi connectivity index (χ4n) is 1.55. The highest BCUT2D eigenvalue weighted by atomic mass is 16.5. The van der Waals surface area contributed by atoms with E-state index >= 15 is 0 Å². The van der Waals surface area contributed by atoms with Gasteiger partial charge in [-0.15, -0.1) is 0 Å². The molecule has 0 unspecified atom stereocenters. The van der Waals surface area contributed by atoms with E-state index in [1.807, 2.05) is 49.4 Å². The van der Waals surface area contributed by atoms with E-state index in [0.29, 0.717) is 18.4 Å². The highest BCUT2D eigenvalue weighted by molar-refractivity contribution is 5.48. The summed E-state index contributed by atoms with van der Waals surface area (Å²) < 4.78 is 5.54. The summed E-state index contributed by atoms with van der Waals surface area (Å²) in [5.74, 6) is 1.16. The Morgan fingerprint density at radius 3 is 2.84 bits per heavy atom. The Labute approximate surface area is 113 Å². The summed E-state index contributed by atoms with van der Waals surface area (Å²) in [6, 6.07) is 11.9. The molecule has 4 heteroatoms. The van der Waals surface area contributed by atoms with Gasteiger partial charge in [0.15, 0.2) is 0 Å². The summed E-state index contributed by atoms with van der Waals surface area (Å²) >= 11 is 0. The van der Waals surface area contributed by atoms with Crippen molar-refractivity contribution in [3.63, 3.8) is 0 Å². The minimum Gasteiger partial charge on any atom is -0.473 e. The molecule has 0 amide bonds. The zero-order valence-corrected chi connectivity index (χ0v) is 10.9. The maximum Gasteiger partial charge on any atom is 0.225 e. The summed E-state index contributed by atoms with van der Waals surface area (Å²) in [5.41, 5.74) is 1.15. The Kier molecular flexibility index (Phi) is 4.93. The quantitative estimate of drug-likeness (QED) is 0.862. The molecule has 1 N–H and O–H groups in total. The fourth-order valence-corrected chi connectivity index (χ4v) is 1.55. The molecular formula is C15H17N3O. The van der Waals surface area contributed by atoms with Gasteiger partial charge in [0.1, 0.15) is 6.61 Å². The van der Waals surface area contributed by atoms with Gasteiger partial charge in [0.2, 0.25) is 11.8 Å². The number of benzene rings is 1. The number of aromatic nitrogens is 2. The lowest BCUT2D eigenvalue weighted by atomic mass is 10.2. The lowest BCUT2D eigenvalue weighted by Crippen LogP contribution is -2.03. The first-order valence-electron chi connectivity index (χ1n) is 6.30. The molecule has 1 aromatic carbocycles. The van der Waals surface area contributed by atoms with Crippen molar-refractivity contribution in [1.82, 2.24) is 9.97 Å². The summed E-state index contributed by atoms with van der Waals surface area (Å²) in [4.78, 5) is 8.31. The summed E-state index contributed by atoms with van der Waals surface area (Å²) in [6.45, 7) is 3.27. The highest BCUT2D eigenvalue weighted by Crippen LogP contribution is 2.08. The number of nitrogens with one attached hydrogen (secondary N) is 1. The van der Waals surface area contributed by atoms with E-state index in [2.05, 4.69) is 15.3 Å². The van der Waals surface area contributed by atoms with Crippen molar-refractivity contribution in [2.75, 3.05) is 18.5 Å². The Balaban J connectivity index is 1.85. The van der Waals surface area contributed by atoms with Gasteiger partial charge in [0.05, 0.1) is 0 Å². The van der Waals surface area contributed by atoms with Gasteiger partial charge >= 0.3 is 0 Å². The molecule has 0 spiro atoms. The van der Waals surface area contributed by atoms with Crippen molar-refractivity contribution in [3.05, 3.63) is 54.2 Å². The van der Waals surface area contributed by atoms with Crippen LogP contribution in [-0.4, -0.2) is 23.1 Å². The maximum atomic E-state index is 5.54. The second-order valence-electron chi connectivity index (χ2n) is 3.87. The summed E-state index contributed by atoms with van der Waals surface area (Å²) in [5, 5.41) is 3.04. The molecule has 1 aromatic heterocycles. The molecule has 0 aliphatic rings. The molecule has 0 atom stereocenters. The first-order chi connectivity index (χ1) is 9.38. The van der Waals surface area contributed by atoms with Crippen molar-refractivity contribution in [3.8, 4) is 5.88 Å². The third-order valence-corrected chi connectivity index (χ3v) is 2.40. The van der Waals surface area contributed by atoms with Gasteiger partial charge in [-0.25, -0.2) is 4.98 Å². The molecular weight excluding hydrogens is 238 g/mol. The molecule has 0 fully saturated rings. The number of hydrogen-bond donors (Lipinski definition) is 1. The number of ether oxygens (including phenoxy) is 1. The van der Waals surface area contributed by atoms with Crippen molar-refractivity contribution in [1.29, 1.82) is 0 Å². The fraction of sp³-hybridized carbons (Fsp3) is 0.200. The van der Waals surface area contributed by atoms with Crippen LogP contribution in [0.1, 0.15) is 12.5 Å². The Morgan fingerprint density at radius 1 is 1.21 bits per heavy atom. The zero-order chi connectivity index (χ0) is 13.3. The predicted octanol–water partition coefficient (Wildman–Crippen LogP) is 3.00. The smallest absolute Gasteiger partial charge is 0.225 e. The monoisotopic (exact) mass is 255 g/mol. The van der Waals surface area contributed by atoms with Crippen LogP contribution in [0.3, 0.4) is 0 Å². The lowest BCUT2D eigenvalue weighted by molar-refractivity contribution is 0.349. The number of nitrogens with zero attached hydrogens (tertiary/aromatic N) is 2. The van der Waals surface area contributed by atoms with Gasteiger partial charge in [0.25, 0.3) is 0 Å². The standard InChI is InChI=1S/C15H17N3O/c1-2-16-15-17-11-10-14(18-15)19-12-6-9-13-7-4-3-5-8-13/h3-11H,2,12H2,1H3,(H,16,17,18)/b9-6+. The van der Waals surface area contributed by atoms with Crippen LogP contribution in [0.15, 0.2) is 48.7 Å². The van der Waals surface area contributed by atoms with Crippen molar-refractivity contribution < 1.29 is 4.74 Å². The van der Waals surface area contributed by atoms with Crippen LogP contribution in [0.2, 0.25) is 0 Å². The average molecular weight is 255 g/mol.